The van der Waals surface area contributed by atoms with E-state index in [2.05, 4.69) is 27.7 Å². The third-order valence-electron chi connectivity index (χ3n) is 5.24. The second kappa shape index (κ2) is 13.2. The molecular weight excluding hydrogens is 318 g/mol. The number of aliphatic carboxylic acids is 1. The number of hydrogen-bond acceptors (Lipinski definition) is 3. The number of unbranched alkanes of at least 4 members (excludes halogenated alkanes) is 2. The molecule has 0 fully saturated rings. The third-order valence-corrected chi connectivity index (χ3v) is 5.24. The molecule has 1 amide bonds. The summed E-state index contributed by atoms with van der Waals surface area (Å²) in [6, 6.07) is 0. The molecule has 0 aromatic rings. The van der Waals surface area contributed by atoms with Crippen LogP contribution in [0.25, 0.3) is 0 Å². The van der Waals surface area contributed by atoms with E-state index in [-0.39, 0.29) is 0 Å². The molecule has 0 heterocycles. The van der Waals surface area contributed by atoms with Crippen LogP contribution in [0.4, 0.5) is 0 Å². The maximum Gasteiger partial charge on any atom is 0.329 e. The first-order chi connectivity index (χ1) is 11.8. The van der Waals surface area contributed by atoms with Crippen molar-refractivity contribution in [2.45, 2.75) is 97.5 Å². The Kier molecular flexibility index (Phi) is 12.6. The second-order valence-electron chi connectivity index (χ2n) is 7.28. The van der Waals surface area contributed by atoms with Gasteiger partial charge in [0.1, 0.15) is 12.2 Å². The van der Waals surface area contributed by atoms with Gasteiger partial charge in [-0.05, 0) is 24.7 Å². The fourth-order valence-corrected chi connectivity index (χ4v) is 3.49. The minimum absolute atomic E-state index is 0.324. The highest BCUT2D eigenvalue weighted by Crippen LogP contribution is 2.35. The predicted octanol–water partition coefficient (Wildman–Crippen LogP) is 4.52. The predicted molar refractivity (Wildman–Crippen MR) is 101 cm³/mol. The highest BCUT2D eigenvalue weighted by Gasteiger charge is 2.41. The Hall–Kier alpha value is -1.10. The zero-order valence-electron chi connectivity index (χ0n) is 16.7. The van der Waals surface area contributed by atoms with Crippen LogP contribution in [0.15, 0.2) is 0 Å². The first kappa shape index (κ1) is 23.9. The van der Waals surface area contributed by atoms with Gasteiger partial charge in [0.15, 0.2) is 0 Å². The molecule has 0 bridgehead atoms. The van der Waals surface area contributed by atoms with Crippen LogP contribution in [0, 0.1) is 11.8 Å². The molecule has 0 radical (unpaired) electrons. The lowest BCUT2D eigenvalue weighted by Gasteiger charge is -2.36. The normalized spacial score (nSPS) is 16.2. The maximum absolute atomic E-state index is 12.4. The number of nitrogens with two attached hydrogens (primary N) is 1. The number of amides is 1. The number of hydrogen-bond donors (Lipinski definition) is 2. The SMILES string of the molecule is CCCCC(CC)CC(CC(CC)CCCC)(OCC(=O)O)C(N)=O. The van der Waals surface area contributed by atoms with Crippen molar-refractivity contribution >= 4 is 11.9 Å². The Morgan fingerprint density at radius 3 is 1.68 bits per heavy atom. The summed E-state index contributed by atoms with van der Waals surface area (Å²) in [5, 5.41) is 9.05. The lowest BCUT2D eigenvalue weighted by molar-refractivity contribution is -0.162. The molecule has 0 saturated heterocycles. The van der Waals surface area contributed by atoms with E-state index in [0.29, 0.717) is 24.7 Å². The van der Waals surface area contributed by atoms with E-state index >= 15 is 0 Å². The summed E-state index contributed by atoms with van der Waals surface area (Å²) in [6.07, 6.45) is 9.36. The first-order valence-corrected chi connectivity index (χ1v) is 10.0. The van der Waals surface area contributed by atoms with Crippen LogP contribution in [0.1, 0.15) is 91.9 Å². The molecule has 0 rings (SSSR count). The number of carboxylic acid groups (broad SMARTS) is 1. The average Bonchev–Trinajstić information content (AvgIpc) is 2.59. The highest BCUT2D eigenvalue weighted by molar-refractivity contribution is 5.84. The van der Waals surface area contributed by atoms with E-state index in [1.807, 2.05) is 0 Å². The zero-order valence-corrected chi connectivity index (χ0v) is 16.7. The molecule has 0 aromatic heterocycles. The van der Waals surface area contributed by atoms with Crippen LogP contribution < -0.4 is 5.73 Å². The quantitative estimate of drug-likeness (QED) is 0.425. The number of carbonyl (C=O) groups excluding carboxylic acids is 1. The van der Waals surface area contributed by atoms with E-state index in [9.17, 15) is 9.59 Å². The molecule has 25 heavy (non-hydrogen) atoms. The van der Waals surface area contributed by atoms with Gasteiger partial charge in [0, 0.05) is 0 Å². The summed E-state index contributed by atoms with van der Waals surface area (Å²) >= 11 is 0. The van der Waals surface area contributed by atoms with Gasteiger partial charge in [0.2, 0.25) is 5.91 Å². The van der Waals surface area contributed by atoms with Crippen LogP contribution in [-0.4, -0.2) is 29.2 Å². The minimum atomic E-state index is -1.17. The number of rotatable bonds is 16. The molecule has 2 atom stereocenters. The summed E-state index contributed by atoms with van der Waals surface area (Å²) in [5.41, 5.74) is 4.60. The van der Waals surface area contributed by atoms with Gasteiger partial charge in [-0.2, -0.15) is 0 Å². The monoisotopic (exact) mass is 357 g/mol. The van der Waals surface area contributed by atoms with Crippen molar-refractivity contribution in [1.29, 1.82) is 0 Å². The van der Waals surface area contributed by atoms with Crippen molar-refractivity contribution < 1.29 is 19.4 Å². The van der Waals surface area contributed by atoms with Gasteiger partial charge in [-0.25, -0.2) is 4.79 Å². The summed E-state index contributed by atoms with van der Waals surface area (Å²) in [7, 11) is 0. The van der Waals surface area contributed by atoms with Crippen molar-refractivity contribution in [2.24, 2.45) is 17.6 Å². The largest absolute Gasteiger partial charge is 0.480 e. The van der Waals surface area contributed by atoms with Crippen LogP contribution in [0.5, 0.6) is 0 Å². The van der Waals surface area contributed by atoms with Crippen molar-refractivity contribution in [2.75, 3.05) is 6.61 Å². The van der Waals surface area contributed by atoms with Gasteiger partial charge in [0.25, 0.3) is 0 Å². The first-order valence-electron chi connectivity index (χ1n) is 10.0. The lowest BCUT2D eigenvalue weighted by Crippen LogP contribution is -2.50. The number of ether oxygens (including phenoxy) is 1. The van der Waals surface area contributed by atoms with Crippen molar-refractivity contribution in [3.8, 4) is 0 Å². The van der Waals surface area contributed by atoms with Crippen LogP contribution in [-0.2, 0) is 14.3 Å². The second-order valence-corrected chi connectivity index (χ2v) is 7.28. The lowest BCUT2D eigenvalue weighted by atomic mass is 9.78. The topological polar surface area (TPSA) is 89.6 Å². The summed E-state index contributed by atoms with van der Waals surface area (Å²) in [5.74, 6) is -0.928. The molecule has 5 nitrogen and oxygen atoms in total. The van der Waals surface area contributed by atoms with Gasteiger partial charge >= 0.3 is 5.97 Å². The smallest absolute Gasteiger partial charge is 0.329 e. The molecular formula is C20H39NO4. The van der Waals surface area contributed by atoms with E-state index in [0.717, 1.165) is 51.4 Å². The number of primary amides is 1. The number of carboxylic acids is 1. The van der Waals surface area contributed by atoms with Gasteiger partial charge < -0.3 is 15.6 Å². The summed E-state index contributed by atoms with van der Waals surface area (Å²) in [4.78, 5) is 23.4. The van der Waals surface area contributed by atoms with Crippen molar-refractivity contribution in [3.63, 3.8) is 0 Å². The Morgan fingerprint density at radius 1 is 0.960 bits per heavy atom. The van der Waals surface area contributed by atoms with Gasteiger partial charge in [0.05, 0.1) is 0 Å². The molecule has 0 aliphatic rings. The molecule has 0 spiro atoms. The van der Waals surface area contributed by atoms with Crippen molar-refractivity contribution in [1.82, 2.24) is 0 Å². The van der Waals surface area contributed by atoms with Gasteiger partial charge in [-0.3, -0.25) is 4.79 Å². The van der Waals surface area contributed by atoms with E-state index in [1.54, 1.807) is 0 Å². The molecule has 3 N–H and O–H groups in total. The Labute approximate surface area is 153 Å². The van der Waals surface area contributed by atoms with E-state index < -0.39 is 24.1 Å². The summed E-state index contributed by atoms with van der Waals surface area (Å²) < 4.78 is 5.70. The third kappa shape index (κ3) is 9.24. The average molecular weight is 358 g/mol. The molecule has 0 aliphatic carbocycles. The standard InChI is InChI=1S/C20H39NO4/c1-5-9-11-16(7-3)13-20(19(21)24,25-15-18(22)23)14-17(8-4)12-10-6-2/h16-17H,5-15H2,1-4H3,(H2,21,24)(H,22,23). The molecule has 5 heteroatoms. The summed E-state index contributed by atoms with van der Waals surface area (Å²) in [6.45, 7) is 8.03. The van der Waals surface area contributed by atoms with E-state index in [1.165, 1.54) is 0 Å². The molecule has 0 saturated carbocycles. The Balaban J connectivity index is 5.38. The number of carbonyl (C=O) groups is 2. The molecule has 0 aromatic carbocycles. The molecule has 0 aliphatic heterocycles. The zero-order chi connectivity index (χ0) is 19.3. The fourth-order valence-electron chi connectivity index (χ4n) is 3.49. The Morgan fingerprint density at radius 2 is 1.40 bits per heavy atom. The molecule has 148 valence electrons. The van der Waals surface area contributed by atoms with Crippen LogP contribution in [0.2, 0.25) is 0 Å². The van der Waals surface area contributed by atoms with Crippen LogP contribution >= 0.6 is 0 Å². The highest BCUT2D eigenvalue weighted by atomic mass is 16.5. The maximum atomic E-state index is 12.4. The van der Waals surface area contributed by atoms with Gasteiger partial charge in [-0.15, -0.1) is 0 Å². The minimum Gasteiger partial charge on any atom is -0.480 e. The Bertz CT molecular complexity index is 366. The van der Waals surface area contributed by atoms with E-state index in [4.69, 9.17) is 15.6 Å². The van der Waals surface area contributed by atoms with Gasteiger partial charge in [-0.1, -0.05) is 79.1 Å². The van der Waals surface area contributed by atoms with Crippen LogP contribution in [0.3, 0.4) is 0 Å². The van der Waals surface area contributed by atoms with Crippen molar-refractivity contribution in [3.05, 3.63) is 0 Å². The molecule has 2 unspecified atom stereocenters. The fraction of sp³-hybridized carbons (Fsp3) is 0.900.